The van der Waals surface area contributed by atoms with Crippen LogP contribution >= 0.6 is 0 Å². The van der Waals surface area contributed by atoms with Gasteiger partial charge in [-0.1, -0.05) is 18.2 Å². The SMILES string of the molecule is COC1CCC2C(=O)C3=C(OC2C1)C(=O)N(CCCN(C)C)C3c1ccccc1F. The third kappa shape index (κ3) is 3.65. The minimum atomic E-state index is -0.732. The lowest BCUT2D eigenvalue weighted by atomic mass is 9.76. The van der Waals surface area contributed by atoms with Crippen molar-refractivity contribution in [1.29, 1.82) is 0 Å². The van der Waals surface area contributed by atoms with Gasteiger partial charge in [-0.25, -0.2) is 4.39 Å². The van der Waals surface area contributed by atoms with Crippen molar-refractivity contribution < 1.29 is 23.5 Å². The quantitative estimate of drug-likeness (QED) is 0.714. The number of carbonyl (C=O) groups is 2. The monoisotopic (exact) mass is 416 g/mol. The van der Waals surface area contributed by atoms with Crippen molar-refractivity contribution in [2.24, 2.45) is 5.92 Å². The van der Waals surface area contributed by atoms with E-state index in [2.05, 4.69) is 0 Å². The normalized spacial score (nSPS) is 28.6. The van der Waals surface area contributed by atoms with E-state index in [-0.39, 0.29) is 35.6 Å². The molecule has 1 amide bonds. The van der Waals surface area contributed by atoms with E-state index in [1.807, 2.05) is 19.0 Å². The number of hydrogen-bond acceptors (Lipinski definition) is 5. The fourth-order valence-corrected chi connectivity index (χ4v) is 4.90. The molecule has 1 aromatic rings. The van der Waals surface area contributed by atoms with Crippen LogP contribution in [0.1, 0.15) is 37.3 Å². The van der Waals surface area contributed by atoms with E-state index in [0.29, 0.717) is 30.5 Å². The van der Waals surface area contributed by atoms with Gasteiger partial charge in [0.2, 0.25) is 0 Å². The van der Waals surface area contributed by atoms with Crippen molar-refractivity contribution in [3.05, 3.63) is 47.0 Å². The van der Waals surface area contributed by atoms with Gasteiger partial charge in [0.25, 0.3) is 5.91 Å². The Balaban J connectivity index is 1.70. The van der Waals surface area contributed by atoms with Crippen molar-refractivity contribution in [3.63, 3.8) is 0 Å². The molecular weight excluding hydrogens is 387 g/mol. The molecule has 3 aliphatic rings. The number of ether oxygens (including phenoxy) is 2. The Hall–Kier alpha value is -2.25. The Morgan fingerprint density at radius 1 is 1.23 bits per heavy atom. The van der Waals surface area contributed by atoms with Gasteiger partial charge in [0.15, 0.2) is 11.5 Å². The highest BCUT2D eigenvalue weighted by Crippen LogP contribution is 2.47. The number of carbonyl (C=O) groups excluding carboxylic acids is 2. The summed E-state index contributed by atoms with van der Waals surface area (Å²) in [6.07, 6.45) is 2.40. The van der Waals surface area contributed by atoms with Gasteiger partial charge in [0.05, 0.1) is 23.6 Å². The summed E-state index contributed by atoms with van der Waals surface area (Å²) in [5.41, 5.74) is 0.675. The molecule has 0 aromatic heterocycles. The van der Waals surface area contributed by atoms with Crippen molar-refractivity contribution in [2.75, 3.05) is 34.3 Å². The van der Waals surface area contributed by atoms with Crippen LogP contribution in [0.25, 0.3) is 0 Å². The molecule has 30 heavy (non-hydrogen) atoms. The lowest BCUT2D eigenvalue weighted by Crippen LogP contribution is -2.43. The third-order valence-electron chi connectivity index (χ3n) is 6.44. The number of ketones is 1. The van der Waals surface area contributed by atoms with E-state index >= 15 is 0 Å². The first-order chi connectivity index (χ1) is 14.4. The molecule has 4 rings (SSSR count). The largest absolute Gasteiger partial charge is 0.483 e. The molecule has 0 N–H and O–H groups in total. The van der Waals surface area contributed by atoms with Gasteiger partial charge in [-0.3, -0.25) is 9.59 Å². The number of nitrogens with zero attached hydrogens (tertiary/aromatic N) is 2. The zero-order valence-corrected chi connectivity index (χ0v) is 17.8. The Morgan fingerprint density at radius 3 is 2.70 bits per heavy atom. The fraction of sp³-hybridized carbons (Fsp3) is 0.565. The second-order valence-electron chi connectivity index (χ2n) is 8.62. The summed E-state index contributed by atoms with van der Waals surface area (Å²) in [4.78, 5) is 30.5. The summed E-state index contributed by atoms with van der Waals surface area (Å²) < 4.78 is 26.4. The summed E-state index contributed by atoms with van der Waals surface area (Å²) in [5, 5.41) is 0. The molecule has 162 valence electrons. The molecule has 1 fully saturated rings. The van der Waals surface area contributed by atoms with Crippen LogP contribution in [0.15, 0.2) is 35.6 Å². The Kier molecular flexibility index (Phi) is 5.93. The van der Waals surface area contributed by atoms with Gasteiger partial charge >= 0.3 is 0 Å². The number of hydrogen-bond donors (Lipinski definition) is 0. The highest BCUT2D eigenvalue weighted by molar-refractivity contribution is 6.11. The summed E-state index contributed by atoms with van der Waals surface area (Å²) in [5.74, 6) is -1.01. The maximum atomic E-state index is 14.8. The summed E-state index contributed by atoms with van der Waals surface area (Å²) >= 11 is 0. The van der Waals surface area contributed by atoms with E-state index in [1.165, 1.54) is 6.07 Å². The van der Waals surface area contributed by atoms with Crippen LogP contribution in [0.5, 0.6) is 0 Å². The van der Waals surface area contributed by atoms with Crippen molar-refractivity contribution >= 4 is 11.7 Å². The first-order valence-corrected chi connectivity index (χ1v) is 10.6. The second kappa shape index (κ2) is 8.47. The predicted molar refractivity (Wildman–Crippen MR) is 109 cm³/mol. The van der Waals surface area contributed by atoms with Gasteiger partial charge in [-0.2, -0.15) is 0 Å². The number of fused-ring (bicyclic) bond motifs is 1. The minimum absolute atomic E-state index is 0.0243. The zero-order chi connectivity index (χ0) is 21.4. The summed E-state index contributed by atoms with van der Waals surface area (Å²) in [6, 6.07) is 5.65. The van der Waals surface area contributed by atoms with Gasteiger partial charge in [-0.05, 0) is 46.0 Å². The second-order valence-corrected chi connectivity index (χ2v) is 8.62. The first-order valence-electron chi connectivity index (χ1n) is 10.6. The van der Waals surface area contributed by atoms with Crippen LogP contribution in [0.2, 0.25) is 0 Å². The van der Waals surface area contributed by atoms with Crippen LogP contribution in [-0.2, 0) is 19.1 Å². The van der Waals surface area contributed by atoms with Gasteiger partial charge in [-0.15, -0.1) is 0 Å². The van der Waals surface area contributed by atoms with Gasteiger partial charge in [0, 0.05) is 25.6 Å². The predicted octanol–water partition coefficient (Wildman–Crippen LogP) is 2.70. The Morgan fingerprint density at radius 2 is 2.00 bits per heavy atom. The molecule has 0 radical (unpaired) electrons. The number of Topliss-reactive ketones (excluding diaryl/α,β-unsaturated/α-hetero) is 1. The number of benzene rings is 1. The lowest BCUT2D eigenvalue weighted by Gasteiger charge is -2.38. The molecule has 2 heterocycles. The maximum absolute atomic E-state index is 14.8. The summed E-state index contributed by atoms with van der Waals surface area (Å²) in [7, 11) is 5.59. The zero-order valence-electron chi connectivity index (χ0n) is 17.8. The smallest absolute Gasteiger partial charge is 0.290 e. The molecule has 4 atom stereocenters. The number of amides is 1. The van der Waals surface area contributed by atoms with Crippen molar-refractivity contribution in [3.8, 4) is 0 Å². The minimum Gasteiger partial charge on any atom is -0.483 e. The molecule has 6 nitrogen and oxygen atoms in total. The van der Waals surface area contributed by atoms with Crippen LogP contribution in [0.4, 0.5) is 4.39 Å². The number of rotatable bonds is 6. The van der Waals surface area contributed by atoms with Crippen LogP contribution < -0.4 is 0 Å². The van der Waals surface area contributed by atoms with Crippen molar-refractivity contribution in [1.82, 2.24) is 9.80 Å². The maximum Gasteiger partial charge on any atom is 0.290 e. The molecule has 2 aliphatic heterocycles. The Bertz CT molecular complexity index is 869. The molecule has 4 unspecified atom stereocenters. The average molecular weight is 416 g/mol. The van der Waals surface area contributed by atoms with Gasteiger partial charge in [0.1, 0.15) is 11.9 Å². The highest BCUT2D eigenvalue weighted by atomic mass is 19.1. The molecule has 1 saturated carbocycles. The molecule has 7 heteroatoms. The molecule has 0 saturated heterocycles. The van der Waals surface area contributed by atoms with Crippen LogP contribution in [0, 0.1) is 11.7 Å². The average Bonchev–Trinajstić information content (AvgIpc) is 3.00. The highest BCUT2D eigenvalue weighted by Gasteiger charge is 2.53. The molecule has 1 aliphatic carbocycles. The fourth-order valence-electron chi connectivity index (χ4n) is 4.90. The standard InChI is InChI=1S/C23H29FN2O4/c1-25(2)11-6-12-26-20(15-7-4-5-8-17(15)24)19-21(27)16-10-9-14(29-3)13-18(16)30-22(19)23(26)28/h4-5,7-8,14,16,18,20H,6,9-13H2,1-3H3. The molecular formula is C23H29FN2O4. The molecule has 1 aromatic carbocycles. The summed E-state index contributed by atoms with van der Waals surface area (Å²) in [6.45, 7) is 1.21. The Labute approximate surface area is 176 Å². The number of halogens is 1. The third-order valence-corrected chi connectivity index (χ3v) is 6.44. The van der Waals surface area contributed by atoms with Crippen molar-refractivity contribution in [2.45, 2.75) is 43.9 Å². The molecule has 0 spiro atoms. The first kappa shape index (κ1) is 21.0. The van der Waals surface area contributed by atoms with Crippen LogP contribution in [-0.4, -0.2) is 68.0 Å². The van der Waals surface area contributed by atoms with E-state index in [9.17, 15) is 14.0 Å². The topological polar surface area (TPSA) is 59.1 Å². The number of methoxy groups -OCH3 is 1. The van der Waals surface area contributed by atoms with E-state index in [1.54, 1.807) is 30.2 Å². The van der Waals surface area contributed by atoms with E-state index in [0.717, 1.165) is 19.4 Å². The lowest BCUT2D eigenvalue weighted by molar-refractivity contribution is -0.138. The van der Waals surface area contributed by atoms with Crippen LogP contribution in [0.3, 0.4) is 0 Å². The molecule has 0 bridgehead atoms. The van der Waals surface area contributed by atoms with E-state index < -0.39 is 11.9 Å². The van der Waals surface area contributed by atoms with E-state index in [4.69, 9.17) is 9.47 Å². The van der Waals surface area contributed by atoms with Gasteiger partial charge < -0.3 is 19.3 Å².